The minimum atomic E-state index is -0.196. The molecule has 0 heterocycles. The molecule has 4 heteroatoms. The molecule has 0 bridgehead atoms. The van der Waals surface area contributed by atoms with Gasteiger partial charge in [0.25, 0.3) is 5.91 Å². The number of carbonyl (C=O) groups excluding carboxylic acids is 1. The molecule has 0 radical (unpaired) electrons. The van der Waals surface area contributed by atoms with Gasteiger partial charge in [0, 0.05) is 10.2 Å². The first-order valence-corrected chi connectivity index (χ1v) is 6.89. The number of carbonyl (C=O) groups is 1. The van der Waals surface area contributed by atoms with Crippen LogP contribution in [-0.4, -0.2) is 5.91 Å². The van der Waals surface area contributed by atoms with Crippen molar-refractivity contribution in [2.75, 3.05) is 5.32 Å². The van der Waals surface area contributed by atoms with Gasteiger partial charge in [-0.15, -0.1) is 0 Å². The molecule has 2 rings (SSSR count). The van der Waals surface area contributed by atoms with E-state index in [2.05, 4.69) is 27.3 Å². The highest BCUT2D eigenvalue weighted by molar-refractivity contribution is 9.10. The average Bonchev–Trinajstić information content (AvgIpc) is 2.43. The van der Waals surface area contributed by atoms with E-state index in [0.29, 0.717) is 16.8 Å². The van der Waals surface area contributed by atoms with Crippen molar-refractivity contribution in [3.05, 3.63) is 63.1 Å². The van der Waals surface area contributed by atoms with Gasteiger partial charge in [-0.25, -0.2) is 0 Å². The summed E-state index contributed by atoms with van der Waals surface area (Å²) >= 11 is 3.38. The van der Waals surface area contributed by atoms with Gasteiger partial charge in [-0.3, -0.25) is 4.79 Å². The number of nitrogens with zero attached hydrogens (tertiary/aromatic N) is 1. The molecule has 2 aromatic rings. The van der Waals surface area contributed by atoms with Crippen LogP contribution in [0.2, 0.25) is 0 Å². The van der Waals surface area contributed by atoms with Crippen LogP contribution in [-0.2, 0) is 0 Å². The molecule has 100 valence electrons. The molecule has 1 amide bonds. The van der Waals surface area contributed by atoms with Gasteiger partial charge in [0.1, 0.15) is 0 Å². The molecular formula is C16H13BrN2O. The quantitative estimate of drug-likeness (QED) is 0.898. The minimum Gasteiger partial charge on any atom is -0.322 e. The van der Waals surface area contributed by atoms with E-state index in [4.69, 9.17) is 5.26 Å². The normalized spacial score (nSPS) is 9.90. The Morgan fingerprint density at radius 1 is 1.20 bits per heavy atom. The van der Waals surface area contributed by atoms with Crippen molar-refractivity contribution in [1.29, 1.82) is 5.26 Å². The fraction of sp³-hybridized carbons (Fsp3) is 0.125. The zero-order chi connectivity index (χ0) is 14.7. The summed E-state index contributed by atoms with van der Waals surface area (Å²) in [6.45, 7) is 3.83. The fourth-order valence-corrected chi connectivity index (χ4v) is 2.26. The van der Waals surface area contributed by atoms with Crippen LogP contribution in [0.4, 0.5) is 5.69 Å². The summed E-state index contributed by atoms with van der Waals surface area (Å²) in [4.78, 5) is 12.3. The summed E-state index contributed by atoms with van der Waals surface area (Å²) in [6, 6.07) is 12.9. The molecule has 0 spiro atoms. The summed E-state index contributed by atoms with van der Waals surface area (Å²) in [5.41, 5.74) is 3.69. The molecule has 0 aromatic heterocycles. The molecule has 2 aromatic carbocycles. The van der Waals surface area contributed by atoms with Crippen molar-refractivity contribution >= 4 is 27.5 Å². The number of hydrogen-bond donors (Lipinski definition) is 1. The lowest BCUT2D eigenvalue weighted by Crippen LogP contribution is -2.13. The number of nitrogens with one attached hydrogen (secondary N) is 1. The Balaban J connectivity index is 2.33. The monoisotopic (exact) mass is 328 g/mol. The second-order valence-electron chi connectivity index (χ2n) is 4.58. The number of nitriles is 1. The van der Waals surface area contributed by atoms with E-state index in [9.17, 15) is 4.79 Å². The highest BCUT2D eigenvalue weighted by Crippen LogP contribution is 2.22. The van der Waals surface area contributed by atoms with E-state index in [1.807, 2.05) is 38.1 Å². The number of aryl methyl sites for hydroxylation is 2. The number of rotatable bonds is 2. The van der Waals surface area contributed by atoms with E-state index in [1.165, 1.54) is 0 Å². The van der Waals surface area contributed by atoms with Crippen LogP contribution in [0.5, 0.6) is 0 Å². The van der Waals surface area contributed by atoms with Gasteiger partial charge in [0.05, 0.1) is 17.2 Å². The van der Waals surface area contributed by atoms with Crippen LogP contribution < -0.4 is 5.32 Å². The fourth-order valence-electron chi connectivity index (χ4n) is 1.83. The molecule has 0 saturated carbocycles. The van der Waals surface area contributed by atoms with Gasteiger partial charge in [-0.2, -0.15) is 5.26 Å². The predicted octanol–water partition coefficient (Wildman–Crippen LogP) is 4.19. The third-order valence-corrected chi connectivity index (χ3v) is 3.67. The maximum Gasteiger partial charge on any atom is 0.256 e. The number of halogens is 1. The second kappa shape index (κ2) is 5.89. The third-order valence-electron chi connectivity index (χ3n) is 2.98. The first kappa shape index (κ1) is 14.3. The number of hydrogen-bond acceptors (Lipinski definition) is 2. The van der Waals surface area contributed by atoms with Gasteiger partial charge >= 0.3 is 0 Å². The lowest BCUT2D eigenvalue weighted by atomic mass is 10.1. The van der Waals surface area contributed by atoms with Crippen molar-refractivity contribution in [2.45, 2.75) is 13.8 Å². The molecule has 0 unspecified atom stereocenters. The number of amides is 1. The molecule has 3 nitrogen and oxygen atoms in total. The number of anilines is 1. The Kier molecular flexibility index (Phi) is 4.21. The van der Waals surface area contributed by atoms with Crippen molar-refractivity contribution < 1.29 is 4.79 Å². The SMILES string of the molecule is Cc1ccc(Br)c(C(=O)Nc2cc(C#N)ccc2C)c1. The van der Waals surface area contributed by atoms with Gasteiger partial charge in [-0.1, -0.05) is 17.7 Å². The second-order valence-corrected chi connectivity index (χ2v) is 5.43. The molecule has 0 aliphatic carbocycles. The minimum absolute atomic E-state index is 0.196. The summed E-state index contributed by atoms with van der Waals surface area (Å²) in [7, 11) is 0. The molecule has 0 aliphatic heterocycles. The zero-order valence-electron chi connectivity index (χ0n) is 11.2. The van der Waals surface area contributed by atoms with Crippen LogP contribution in [0.1, 0.15) is 27.0 Å². The Morgan fingerprint density at radius 2 is 1.95 bits per heavy atom. The highest BCUT2D eigenvalue weighted by Gasteiger charge is 2.12. The smallest absolute Gasteiger partial charge is 0.256 e. The summed E-state index contributed by atoms with van der Waals surface area (Å²) in [6.07, 6.45) is 0. The predicted molar refractivity (Wildman–Crippen MR) is 82.7 cm³/mol. The Bertz CT molecular complexity index is 717. The Morgan fingerprint density at radius 3 is 2.65 bits per heavy atom. The first-order chi connectivity index (χ1) is 9.51. The summed E-state index contributed by atoms with van der Waals surface area (Å²) in [5.74, 6) is -0.196. The van der Waals surface area contributed by atoms with Crippen LogP contribution in [0.25, 0.3) is 0 Å². The largest absolute Gasteiger partial charge is 0.322 e. The molecule has 0 fully saturated rings. The van der Waals surface area contributed by atoms with Crippen molar-refractivity contribution in [3.8, 4) is 6.07 Å². The number of benzene rings is 2. The molecule has 0 atom stereocenters. The van der Waals surface area contributed by atoms with E-state index < -0.39 is 0 Å². The van der Waals surface area contributed by atoms with Crippen LogP contribution in [0.15, 0.2) is 40.9 Å². The molecule has 0 aliphatic rings. The lowest BCUT2D eigenvalue weighted by molar-refractivity contribution is 0.102. The molecule has 1 N–H and O–H groups in total. The average molecular weight is 329 g/mol. The third kappa shape index (κ3) is 3.06. The maximum atomic E-state index is 12.3. The molecule has 20 heavy (non-hydrogen) atoms. The Hall–Kier alpha value is -2.12. The van der Waals surface area contributed by atoms with Crippen LogP contribution in [0.3, 0.4) is 0 Å². The topological polar surface area (TPSA) is 52.9 Å². The highest BCUT2D eigenvalue weighted by atomic mass is 79.9. The van der Waals surface area contributed by atoms with E-state index in [0.717, 1.165) is 15.6 Å². The Labute approximate surface area is 126 Å². The summed E-state index contributed by atoms with van der Waals surface area (Å²) < 4.78 is 0.745. The van der Waals surface area contributed by atoms with Gasteiger partial charge in [0.15, 0.2) is 0 Å². The van der Waals surface area contributed by atoms with E-state index in [1.54, 1.807) is 12.1 Å². The van der Waals surface area contributed by atoms with Crippen molar-refractivity contribution in [2.24, 2.45) is 0 Å². The molecular weight excluding hydrogens is 316 g/mol. The van der Waals surface area contributed by atoms with Crippen molar-refractivity contribution in [1.82, 2.24) is 0 Å². The molecule has 0 saturated heterocycles. The van der Waals surface area contributed by atoms with Gasteiger partial charge in [0.2, 0.25) is 0 Å². The maximum absolute atomic E-state index is 12.3. The standard InChI is InChI=1S/C16H13BrN2O/c1-10-3-6-14(17)13(7-10)16(20)19-15-8-12(9-18)5-4-11(15)2/h3-8H,1-2H3,(H,19,20). The first-order valence-electron chi connectivity index (χ1n) is 6.09. The van der Waals surface area contributed by atoms with Crippen LogP contribution in [0, 0.1) is 25.2 Å². The van der Waals surface area contributed by atoms with Crippen molar-refractivity contribution in [3.63, 3.8) is 0 Å². The van der Waals surface area contributed by atoms with Gasteiger partial charge < -0.3 is 5.32 Å². The summed E-state index contributed by atoms with van der Waals surface area (Å²) in [5, 5.41) is 11.8. The van der Waals surface area contributed by atoms with Crippen LogP contribution >= 0.6 is 15.9 Å². The zero-order valence-corrected chi connectivity index (χ0v) is 12.8. The lowest BCUT2D eigenvalue weighted by Gasteiger charge is -2.10. The van der Waals surface area contributed by atoms with E-state index in [-0.39, 0.29) is 5.91 Å². The van der Waals surface area contributed by atoms with Gasteiger partial charge in [-0.05, 0) is 59.6 Å². The van der Waals surface area contributed by atoms with E-state index >= 15 is 0 Å².